The van der Waals surface area contributed by atoms with Gasteiger partial charge in [-0.25, -0.2) is 0 Å². The molecule has 0 radical (unpaired) electrons. The van der Waals surface area contributed by atoms with Crippen molar-refractivity contribution in [3.8, 4) is 0 Å². The topological polar surface area (TPSA) is 26.3 Å². The van der Waals surface area contributed by atoms with Crippen molar-refractivity contribution >= 4 is 5.78 Å². The highest BCUT2D eigenvalue weighted by Crippen LogP contribution is 2.65. The summed E-state index contributed by atoms with van der Waals surface area (Å²) in [5.74, 6) is 1.27. The molecule has 3 aliphatic rings. The van der Waals surface area contributed by atoms with E-state index in [1.54, 1.807) is 6.08 Å². The van der Waals surface area contributed by atoms with Gasteiger partial charge in [0.25, 0.3) is 0 Å². The van der Waals surface area contributed by atoms with Crippen LogP contribution in [0.2, 0.25) is 0 Å². The second kappa shape index (κ2) is 4.69. The van der Waals surface area contributed by atoms with E-state index in [0.717, 1.165) is 6.42 Å². The van der Waals surface area contributed by atoms with E-state index in [9.17, 15) is 4.79 Å². The lowest BCUT2D eigenvalue weighted by atomic mass is 9.44. The first-order valence-electron chi connectivity index (χ1n) is 8.94. The molecular formula is C20H32O2. The van der Waals surface area contributed by atoms with Crippen molar-refractivity contribution in [3.05, 3.63) is 12.7 Å². The third-order valence-corrected chi connectivity index (χ3v) is 7.52. The first-order valence-corrected chi connectivity index (χ1v) is 8.94. The number of carbonyl (C=O) groups excluding carboxylic acids is 1. The van der Waals surface area contributed by atoms with Gasteiger partial charge in [0, 0.05) is 12.3 Å². The molecule has 0 N–H and O–H groups in total. The molecule has 0 amide bonds. The zero-order chi connectivity index (χ0) is 16.4. The average Bonchev–Trinajstić information content (AvgIpc) is 2.40. The molecule has 1 heterocycles. The molecule has 5 atom stereocenters. The highest BCUT2D eigenvalue weighted by atomic mass is 16.5. The van der Waals surface area contributed by atoms with Crippen LogP contribution in [-0.2, 0) is 9.53 Å². The molecule has 1 aliphatic heterocycles. The van der Waals surface area contributed by atoms with Gasteiger partial charge < -0.3 is 4.74 Å². The molecule has 0 unspecified atom stereocenters. The molecule has 0 spiro atoms. The molecule has 2 aliphatic carbocycles. The second-order valence-electron chi connectivity index (χ2n) is 9.35. The summed E-state index contributed by atoms with van der Waals surface area (Å²) < 4.78 is 6.44. The van der Waals surface area contributed by atoms with Crippen LogP contribution in [0.25, 0.3) is 0 Å². The minimum absolute atomic E-state index is 0.185. The van der Waals surface area contributed by atoms with Crippen LogP contribution >= 0.6 is 0 Å². The van der Waals surface area contributed by atoms with E-state index >= 15 is 0 Å². The summed E-state index contributed by atoms with van der Waals surface area (Å²) in [6, 6.07) is 0. The van der Waals surface area contributed by atoms with Gasteiger partial charge in [0.1, 0.15) is 5.60 Å². The Kier molecular flexibility index (Phi) is 3.46. The Labute approximate surface area is 135 Å². The van der Waals surface area contributed by atoms with E-state index in [1.807, 2.05) is 6.92 Å². The van der Waals surface area contributed by atoms with E-state index in [1.165, 1.54) is 25.7 Å². The van der Waals surface area contributed by atoms with Crippen molar-refractivity contribution in [1.29, 1.82) is 0 Å². The lowest BCUT2D eigenvalue weighted by molar-refractivity contribution is -0.242. The molecule has 2 saturated carbocycles. The molecule has 0 aromatic heterocycles. The van der Waals surface area contributed by atoms with Crippen LogP contribution < -0.4 is 0 Å². The molecule has 124 valence electrons. The summed E-state index contributed by atoms with van der Waals surface area (Å²) in [5.41, 5.74) is -0.363. The van der Waals surface area contributed by atoms with Crippen molar-refractivity contribution in [2.24, 2.45) is 22.7 Å². The maximum atomic E-state index is 12.7. The molecule has 0 bridgehead atoms. The normalized spacial score (nSPS) is 50.9. The van der Waals surface area contributed by atoms with Gasteiger partial charge in [-0.1, -0.05) is 39.8 Å². The summed E-state index contributed by atoms with van der Waals surface area (Å²) in [6.07, 6.45) is 8.48. The zero-order valence-electron chi connectivity index (χ0n) is 15.0. The fraction of sp³-hybridized carbons (Fsp3) is 0.850. The maximum Gasteiger partial charge on any atom is 0.168 e. The number of hydrogen-bond donors (Lipinski definition) is 0. The molecule has 3 rings (SSSR count). The van der Waals surface area contributed by atoms with E-state index in [-0.39, 0.29) is 16.8 Å². The van der Waals surface area contributed by atoms with Crippen LogP contribution in [0.5, 0.6) is 0 Å². The minimum atomic E-state index is -0.793. The van der Waals surface area contributed by atoms with E-state index in [0.29, 0.717) is 23.7 Å². The van der Waals surface area contributed by atoms with Gasteiger partial charge in [-0.2, -0.15) is 0 Å². The average molecular weight is 304 g/mol. The van der Waals surface area contributed by atoms with Crippen LogP contribution in [-0.4, -0.2) is 17.0 Å². The van der Waals surface area contributed by atoms with Crippen molar-refractivity contribution in [2.75, 3.05) is 0 Å². The molecule has 2 heteroatoms. The van der Waals surface area contributed by atoms with Crippen LogP contribution in [0, 0.1) is 22.7 Å². The third kappa shape index (κ3) is 2.06. The van der Waals surface area contributed by atoms with E-state index in [4.69, 9.17) is 4.74 Å². The highest BCUT2D eigenvalue weighted by Gasteiger charge is 2.63. The lowest BCUT2D eigenvalue weighted by Gasteiger charge is -2.64. The Balaban J connectivity index is 2.00. The number of ketones is 1. The van der Waals surface area contributed by atoms with Crippen LogP contribution in [0.15, 0.2) is 12.7 Å². The SMILES string of the molecule is C=C[C@]1(C)O[C@]2(C)CC[C@H]3C(C)(C)CCC[C@]3(C)[C@H]2CC1=O. The summed E-state index contributed by atoms with van der Waals surface area (Å²) in [7, 11) is 0. The van der Waals surface area contributed by atoms with Gasteiger partial charge in [0.05, 0.1) is 5.60 Å². The van der Waals surface area contributed by atoms with Crippen LogP contribution in [0.1, 0.15) is 73.1 Å². The Hall–Kier alpha value is -0.630. The molecule has 2 nitrogen and oxygen atoms in total. The van der Waals surface area contributed by atoms with Crippen molar-refractivity contribution in [1.82, 2.24) is 0 Å². The maximum absolute atomic E-state index is 12.7. The Morgan fingerprint density at radius 1 is 1.09 bits per heavy atom. The number of fused-ring (bicyclic) bond motifs is 3. The summed E-state index contributed by atoms with van der Waals surface area (Å²) in [6.45, 7) is 15.3. The smallest absolute Gasteiger partial charge is 0.168 e. The first kappa shape index (κ1) is 16.2. The number of ether oxygens (including phenoxy) is 1. The lowest BCUT2D eigenvalue weighted by Crippen LogP contribution is -2.64. The minimum Gasteiger partial charge on any atom is -0.357 e. The van der Waals surface area contributed by atoms with Crippen molar-refractivity contribution in [3.63, 3.8) is 0 Å². The number of hydrogen-bond acceptors (Lipinski definition) is 2. The van der Waals surface area contributed by atoms with Crippen molar-refractivity contribution in [2.45, 2.75) is 84.3 Å². The highest BCUT2D eigenvalue weighted by molar-refractivity contribution is 5.90. The molecule has 0 aromatic carbocycles. The predicted molar refractivity (Wildman–Crippen MR) is 89.7 cm³/mol. The predicted octanol–water partition coefficient (Wildman–Crippen LogP) is 4.92. The molecule has 1 saturated heterocycles. The zero-order valence-corrected chi connectivity index (χ0v) is 15.0. The van der Waals surface area contributed by atoms with Gasteiger partial charge in [-0.15, -0.1) is 0 Å². The fourth-order valence-corrected chi connectivity index (χ4v) is 6.26. The van der Waals surface area contributed by atoms with Gasteiger partial charge in [0.2, 0.25) is 0 Å². The van der Waals surface area contributed by atoms with E-state index in [2.05, 4.69) is 34.3 Å². The van der Waals surface area contributed by atoms with Crippen molar-refractivity contribution < 1.29 is 9.53 Å². The monoisotopic (exact) mass is 304 g/mol. The van der Waals surface area contributed by atoms with Crippen LogP contribution in [0.4, 0.5) is 0 Å². The van der Waals surface area contributed by atoms with Crippen LogP contribution in [0.3, 0.4) is 0 Å². The Morgan fingerprint density at radius 3 is 2.41 bits per heavy atom. The largest absolute Gasteiger partial charge is 0.357 e. The number of rotatable bonds is 1. The van der Waals surface area contributed by atoms with Gasteiger partial charge in [0.15, 0.2) is 5.78 Å². The second-order valence-corrected chi connectivity index (χ2v) is 9.35. The quantitative estimate of drug-likeness (QED) is 0.643. The summed E-state index contributed by atoms with van der Waals surface area (Å²) in [5, 5.41) is 0. The summed E-state index contributed by atoms with van der Waals surface area (Å²) >= 11 is 0. The number of Topliss-reactive ketones (excluding diaryl/α,β-unsaturated/α-hetero) is 1. The Bertz CT molecular complexity index is 508. The van der Waals surface area contributed by atoms with Gasteiger partial charge in [-0.3, -0.25) is 4.79 Å². The molecular weight excluding hydrogens is 272 g/mol. The molecule has 3 fully saturated rings. The fourth-order valence-electron chi connectivity index (χ4n) is 6.26. The number of carbonyl (C=O) groups is 1. The third-order valence-electron chi connectivity index (χ3n) is 7.52. The van der Waals surface area contributed by atoms with Gasteiger partial charge in [-0.05, 0) is 56.3 Å². The standard InChI is InChI=1S/C20H32O2/c1-7-19(5)16(21)13-15-18(4)11-8-10-17(2,3)14(18)9-12-20(15,6)22-19/h7,14-15H,1,8-13H2,2-6H3/t14-,15+,18-,19-,20+/m0/s1. The molecule has 22 heavy (non-hydrogen) atoms. The van der Waals surface area contributed by atoms with E-state index < -0.39 is 5.60 Å². The first-order chi connectivity index (χ1) is 10.1. The summed E-state index contributed by atoms with van der Waals surface area (Å²) in [4.78, 5) is 12.7. The van der Waals surface area contributed by atoms with Gasteiger partial charge >= 0.3 is 0 Å². The Morgan fingerprint density at radius 2 is 1.77 bits per heavy atom. The molecule has 0 aromatic rings.